The molecule has 0 saturated carbocycles. The topological polar surface area (TPSA) is 9.23 Å². The van der Waals surface area contributed by atoms with Crippen LogP contribution in [0.5, 0.6) is 0 Å². The fourth-order valence-electron chi connectivity index (χ4n) is 4.51. The van der Waals surface area contributed by atoms with E-state index in [0.717, 1.165) is 0 Å². The summed E-state index contributed by atoms with van der Waals surface area (Å²) in [5.74, 6) is 0. The van der Waals surface area contributed by atoms with Gasteiger partial charge in [-0.15, -0.1) is 0 Å². The normalized spacial score (nSPS) is 12.7. The molecule has 1 nitrogen and oxygen atoms in total. The molecule has 0 heterocycles. The van der Waals surface area contributed by atoms with Crippen LogP contribution >= 0.6 is 0 Å². The standard InChI is InChI=1S/6C4H9.O.2Sn/c6*1-3-4-2;;;/h6*1,3-4H2,2H3;;;. The van der Waals surface area contributed by atoms with Crippen molar-refractivity contribution in [2.24, 2.45) is 0 Å². The van der Waals surface area contributed by atoms with Crippen molar-refractivity contribution in [3.05, 3.63) is 0 Å². The van der Waals surface area contributed by atoms with Gasteiger partial charge in [0.05, 0.1) is 0 Å². The summed E-state index contributed by atoms with van der Waals surface area (Å²) in [6.07, 6.45) is 16.8. The van der Waals surface area contributed by atoms with Gasteiger partial charge in [0.25, 0.3) is 0 Å². The third-order valence-electron chi connectivity index (χ3n) is 6.35. The molecule has 0 rings (SSSR count). The third kappa shape index (κ3) is 12.8. The molecule has 27 heavy (non-hydrogen) atoms. The van der Waals surface area contributed by atoms with E-state index in [1.807, 2.05) is 0 Å². The zero-order valence-corrected chi connectivity index (χ0v) is 25.8. The van der Waals surface area contributed by atoms with E-state index in [1.165, 1.54) is 104 Å². The van der Waals surface area contributed by atoms with Gasteiger partial charge < -0.3 is 0 Å². The molecule has 0 aliphatic heterocycles. The van der Waals surface area contributed by atoms with Crippen molar-refractivity contribution in [2.45, 2.75) is 145 Å². The van der Waals surface area contributed by atoms with Crippen LogP contribution in [0.1, 0.15) is 119 Å². The molecule has 0 aromatic rings. The third-order valence-corrected chi connectivity index (χ3v) is 47.1. The molecule has 0 radical (unpaired) electrons. The van der Waals surface area contributed by atoms with Crippen molar-refractivity contribution in [1.29, 1.82) is 0 Å². The van der Waals surface area contributed by atoms with Crippen LogP contribution < -0.4 is 0 Å². The average Bonchev–Trinajstić information content (AvgIpc) is 2.70. The van der Waals surface area contributed by atoms with Crippen LogP contribution in [0.3, 0.4) is 0 Å². The van der Waals surface area contributed by atoms with Crippen LogP contribution in [-0.2, 0) is 1.41 Å². The van der Waals surface area contributed by atoms with Crippen LogP contribution in [0.25, 0.3) is 0 Å². The van der Waals surface area contributed by atoms with Gasteiger partial charge in [0, 0.05) is 0 Å². The van der Waals surface area contributed by atoms with Gasteiger partial charge in [-0.25, -0.2) is 0 Å². The predicted molar refractivity (Wildman–Crippen MR) is 131 cm³/mol. The van der Waals surface area contributed by atoms with Crippen molar-refractivity contribution in [2.75, 3.05) is 0 Å². The van der Waals surface area contributed by atoms with Gasteiger partial charge in [-0.05, 0) is 0 Å². The van der Waals surface area contributed by atoms with E-state index in [0.29, 0.717) is 0 Å². The summed E-state index contributed by atoms with van der Waals surface area (Å²) in [7, 11) is 0. The summed E-state index contributed by atoms with van der Waals surface area (Å²) in [5.41, 5.74) is 0. The predicted octanol–water partition coefficient (Wildman–Crippen LogP) is 9.69. The molecule has 0 N–H and O–H groups in total. The Hall–Kier alpha value is 1.56. The first-order valence-electron chi connectivity index (χ1n) is 12.8. The molecule has 0 bridgehead atoms. The minimum atomic E-state index is -2.46. The van der Waals surface area contributed by atoms with Crippen LogP contribution in [0.15, 0.2) is 0 Å². The van der Waals surface area contributed by atoms with Crippen LogP contribution in [-0.4, -0.2) is 37.6 Å². The quantitative estimate of drug-likeness (QED) is 0.127. The van der Waals surface area contributed by atoms with E-state index in [-0.39, 0.29) is 0 Å². The molecule has 0 spiro atoms. The Kier molecular flexibility index (Phi) is 19.4. The van der Waals surface area contributed by atoms with E-state index in [1.54, 1.807) is 0 Å². The molecule has 0 amide bonds. The minimum absolute atomic E-state index is 1.36. The molecule has 0 aromatic carbocycles. The van der Waals surface area contributed by atoms with E-state index >= 15 is 0 Å². The van der Waals surface area contributed by atoms with Crippen molar-refractivity contribution in [1.82, 2.24) is 0 Å². The second-order valence-corrected chi connectivity index (χ2v) is 35.6. The van der Waals surface area contributed by atoms with Gasteiger partial charge in [0.15, 0.2) is 0 Å². The molecule has 0 unspecified atom stereocenters. The molecule has 0 atom stereocenters. The Balaban J connectivity index is 5.66. The van der Waals surface area contributed by atoms with Crippen molar-refractivity contribution >= 4 is 37.6 Å². The first-order chi connectivity index (χ1) is 13.1. The van der Waals surface area contributed by atoms with Crippen molar-refractivity contribution in [3.8, 4) is 0 Å². The summed E-state index contributed by atoms with van der Waals surface area (Å²) >= 11 is -4.92. The van der Waals surface area contributed by atoms with Gasteiger partial charge in [-0.2, -0.15) is 0 Å². The Labute approximate surface area is 183 Å². The van der Waals surface area contributed by atoms with E-state index in [2.05, 4.69) is 41.5 Å². The number of hydrogen-bond donors (Lipinski definition) is 0. The first-order valence-corrected chi connectivity index (χ1v) is 27.2. The fraction of sp³-hybridized carbons (Fsp3) is 1.00. The summed E-state index contributed by atoms with van der Waals surface area (Å²) in [6, 6.07) is 0. The summed E-state index contributed by atoms with van der Waals surface area (Å²) < 4.78 is 17.1. The zero-order valence-electron chi connectivity index (χ0n) is 20.1. The number of rotatable bonds is 20. The van der Waals surface area contributed by atoms with Gasteiger partial charge in [-0.1, -0.05) is 0 Å². The van der Waals surface area contributed by atoms with E-state index in [4.69, 9.17) is 1.41 Å². The van der Waals surface area contributed by atoms with Crippen molar-refractivity contribution < 1.29 is 1.41 Å². The summed E-state index contributed by atoms with van der Waals surface area (Å²) in [4.78, 5) is 0. The number of unbranched alkanes of at least 4 members (excludes halogenated alkanes) is 6. The Morgan fingerprint density at radius 2 is 0.556 bits per heavy atom. The van der Waals surface area contributed by atoms with Gasteiger partial charge in [0.2, 0.25) is 0 Å². The summed E-state index contributed by atoms with van der Waals surface area (Å²) in [5, 5.41) is 0. The Bertz CT molecular complexity index is 246. The second kappa shape index (κ2) is 18.3. The molecule has 0 saturated heterocycles. The maximum atomic E-state index is 7.86. The first kappa shape index (κ1) is 28.6. The average molecular weight is 596 g/mol. The number of hydrogen-bond acceptors (Lipinski definition) is 1. The second-order valence-electron chi connectivity index (χ2n) is 9.09. The molecular weight excluding hydrogens is 542 g/mol. The SMILES string of the molecule is CCC[CH2][Sn]([CH2]CCC)([CH2]CCC)[O][Sn]([CH2]CCC)([CH2]CCC)[CH2]CCC. The van der Waals surface area contributed by atoms with Crippen LogP contribution in [0, 0.1) is 0 Å². The van der Waals surface area contributed by atoms with Crippen LogP contribution in [0.2, 0.25) is 26.6 Å². The van der Waals surface area contributed by atoms with Gasteiger partial charge in [0.1, 0.15) is 0 Å². The fourth-order valence-corrected chi connectivity index (χ4v) is 59.6. The van der Waals surface area contributed by atoms with E-state index in [9.17, 15) is 0 Å². The molecule has 3 heteroatoms. The Morgan fingerprint density at radius 3 is 0.704 bits per heavy atom. The molecule has 0 aromatic heterocycles. The molecule has 164 valence electrons. The summed E-state index contributed by atoms with van der Waals surface area (Å²) in [6.45, 7) is 14.3. The van der Waals surface area contributed by atoms with Gasteiger partial charge >= 0.3 is 184 Å². The monoisotopic (exact) mass is 598 g/mol. The Morgan fingerprint density at radius 1 is 0.370 bits per heavy atom. The van der Waals surface area contributed by atoms with Gasteiger partial charge in [-0.3, -0.25) is 0 Å². The van der Waals surface area contributed by atoms with E-state index < -0.39 is 37.6 Å². The molecule has 0 fully saturated rings. The molecule has 0 aliphatic rings. The van der Waals surface area contributed by atoms with Crippen molar-refractivity contribution in [3.63, 3.8) is 0 Å². The molecule has 0 aliphatic carbocycles. The van der Waals surface area contributed by atoms with Crippen LogP contribution in [0.4, 0.5) is 0 Å². The zero-order chi connectivity index (χ0) is 20.4. The maximum absolute atomic E-state index is 7.86. The molecular formula is C24H54OSn2.